The van der Waals surface area contributed by atoms with Gasteiger partial charge in [-0.3, -0.25) is 4.89 Å². The number of ether oxygens (including phenoxy) is 1. The molecule has 0 radical (unpaired) electrons. The van der Waals surface area contributed by atoms with E-state index in [-0.39, 0.29) is 0 Å². The third-order valence-corrected chi connectivity index (χ3v) is 0.217. The summed E-state index contributed by atoms with van der Waals surface area (Å²) in [4.78, 5) is 12.6. The molecule has 4 heteroatoms. The monoisotopic (exact) mass is 102 g/mol. The van der Waals surface area contributed by atoms with Gasteiger partial charge >= 0.3 is 6.16 Å². The summed E-state index contributed by atoms with van der Waals surface area (Å²) in [5, 5.41) is 7.40. The van der Waals surface area contributed by atoms with Crippen LogP contribution in [0.15, 0.2) is 0 Å². The lowest BCUT2D eigenvalue weighted by molar-refractivity contribution is -0.194. The lowest BCUT2D eigenvalue weighted by Gasteiger charge is -1.84. The first-order chi connectivity index (χ1) is 3.31. The van der Waals surface area contributed by atoms with E-state index in [0.29, 0.717) is 0 Å². The molecule has 0 atom stereocenters. The Hall–Kier alpha value is -1.21. The summed E-state index contributed by atoms with van der Waals surface area (Å²) in [6.45, 7) is 0. The molecule has 0 fully saturated rings. The molecule has 1 N–H and O–H groups in total. The van der Waals surface area contributed by atoms with E-state index >= 15 is 0 Å². The lowest BCUT2D eigenvalue weighted by Crippen LogP contribution is -1.98. The maximum absolute atomic E-state index is 9.57. The van der Waals surface area contributed by atoms with Gasteiger partial charge in [0.25, 0.3) is 0 Å². The van der Waals surface area contributed by atoms with Crippen molar-refractivity contribution in [3.63, 3.8) is 0 Å². The summed E-state index contributed by atoms with van der Waals surface area (Å²) in [6.07, 6.45) is 4.60. The van der Waals surface area contributed by atoms with Crippen LogP contribution in [0.3, 0.4) is 0 Å². The van der Waals surface area contributed by atoms with Crippen LogP contribution in [0.2, 0.25) is 0 Å². The molecule has 0 aromatic carbocycles. The molecule has 0 aliphatic heterocycles. The van der Waals surface area contributed by atoms with E-state index in [1.54, 1.807) is 0 Å². The maximum Gasteiger partial charge on any atom is 0.554 e. The molecule has 0 spiro atoms. The Morgan fingerprint density at radius 3 is 2.57 bits per heavy atom. The van der Waals surface area contributed by atoms with Crippen LogP contribution in [0.1, 0.15) is 0 Å². The van der Waals surface area contributed by atoms with E-state index in [2.05, 4.69) is 16.0 Å². The molecule has 7 heavy (non-hydrogen) atoms. The van der Waals surface area contributed by atoms with Gasteiger partial charge in [-0.2, -0.15) is 10.1 Å². The van der Waals surface area contributed by atoms with Gasteiger partial charge in [-0.15, -0.1) is 0 Å². The Morgan fingerprint density at radius 1 is 1.86 bits per heavy atom. The van der Waals surface area contributed by atoms with E-state index < -0.39 is 6.16 Å². The predicted molar refractivity (Wildman–Crippen MR) is 19.0 cm³/mol. The minimum atomic E-state index is -1.30. The summed E-state index contributed by atoms with van der Waals surface area (Å²) in [6, 6.07) is 0. The van der Waals surface area contributed by atoms with Crippen molar-refractivity contribution in [1.82, 2.24) is 0 Å². The highest BCUT2D eigenvalue weighted by Crippen LogP contribution is 1.74. The number of carbonyl (C=O) groups is 1. The molecular weight excluding hydrogens is 100 g/mol. The second kappa shape index (κ2) is 3.00. The fourth-order valence-electron chi connectivity index (χ4n) is 0.0667. The van der Waals surface area contributed by atoms with Crippen LogP contribution < -0.4 is 0 Å². The zero-order chi connectivity index (χ0) is 5.70. The summed E-state index contributed by atoms with van der Waals surface area (Å²) in [5.74, 6) is 0. The van der Waals surface area contributed by atoms with Gasteiger partial charge < -0.3 is 4.74 Å². The third-order valence-electron chi connectivity index (χ3n) is 0.217. The lowest BCUT2D eigenvalue weighted by atomic mass is 11.2. The first-order valence-corrected chi connectivity index (χ1v) is 1.29. The molecule has 0 aromatic heterocycles. The average Bonchev–Trinajstić information content (AvgIpc) is 1.68. The molecule has 4 nitrogen and oxygen atoms in total. The molecule has 0 aliphatic rings. The Balaban J connectivity index is 3.23. The van der Waals surface area contributed by atoms with Crippen LogP contribution in [-0.2, 0) is 9.62 Å². The topological polar surface area (TPSA) is 55.8 Å². The van der Waals surface area contributed by atoms with Crippen LogP contribution in [0.5, 0.6) is 0 Å². The van der Waals surface area contributed by atoms with E-state index in [0.717, 1.165) is 0 Å². The second-order valence-electron chi connectivity index (χ2n) is 0.561. The molecule has 0 heterocycles. The quantitative estimate of drug-likeness (QED) is 0.205. The van der Waals surface area contributed by atoms with Crippen molar-refractivity contribution < 1.29 is 19.7 Å². The Bertz CT molecular complexity index is 100.0. The number of hydrogen-bond acceptors (Lipinski definition) is 4. The zero-order valence-electron chi connectivity index (χ0n) is 3.25. The van der Waals surface area contributed by atoms with Gasteiger partial charge in [0.2, 0.25) is 0 Å². The minimum absolute atomic E-state index is 1.30. The van der Waals surface area contributed by atoms with Gasteiger partial charge in [-0.25, -0.2) is 0 Å². The van der Waals surface area contributed by atoms with Gasteiger partial charge in [0.15, 0.2) is 0 Å². The smallest absolute Gasteiger partial charge is 0.339 e. The van der Waals surface area contributed by atoms with Crippen LogP contribution in [0, 0.1) is 12.5 Å². The molecule has 0 unspecified atom stereocenters. The van der Waals surface area contributed by atoms with Crippen LogP contribution >= 0.6 is 0 Å². The van der Waals surface area contributed by atoms with Crippen molar-refractivity contribution in [2.45, 2.75) is 0 Å². The zero-order valence-corrected chi connectivity index (χ0v) is 3.25. The molecule has 0 amide bonds. The van der Waals surface area contributed by atoms with Crippen LogP contribution in [0.4, 0.5) is 4.79 Å². The normalized spacial score (nSPS) is 6.29. The van der Waals surface area contributed by atoms with Crippen molar-refractivity contribution >= 4 is 6.16 Å². The van der Waals surface area contributed by atoms with Crippen molar-refractivity contribution in [1.29, 1.82) is 0 Å². The SMILES string of the molecule is C#COC(=O)OO. The second-order valence-corrected chi connectivity index (χ2v) is 0.561. The van der Waals surface area contributed by atoms with E-state index in [1.807, 2.05) is 0 Å². The molecule has 0 aromatic rings. The molecule has 38 valence electrons. The highest BCUT2D eigenvalue weighted by atomic mass is 17.1. The molecular formula is C3H2O4. The Kier molecular flexibility index (Phi) is 2.48. The predicted octanol–water partition coefficient (Wildman–Crippen LogP) is 0.203. The highest BCUT2D eigenvalue weighted by molar-refractivity contribution is 5.60. The maximum atomic E-state index is 9.57. The van der Waals surface area contributed by atoms with Crippen molar-refractivity contribution in [3.05, 3.63) is 0 Å². The molecule has 0 bridgehead atoms. The van der Waals surface area contributed by atoms with Gasteiger partial charge in [-0.1, -0.05) is 6.42 Å². The van der Waals surface area contributed by atoms with Crippen molar-refractivity contribution in [2.75, 3.05) is 0 Å². The highest BCUT2D eigenvalue weighted by Gasteiger charge is 1.95. The number of rotatable bonds is 0. The fourth-order valence-corrected chi connectivity index (χ4v) is 0.0667. The molecule has 0 aliphatic carbocycles. The summed E-state index contributed by atoms with van der Waals surface area (Å²) in [5.41, 5.74) is 0. The Morgan fingerprint density at radius 2 is 2.43 bits per heavy atom. The Labute approximate surface area is 39.6 Å². The number of terminal acetylenes is 1. The number of carbonyl (C=O) groups excluding carboxylic acids is 1. The van der Waals surface area contributed by atoms with Gasteiger partial charge in [0.1, 0.15) is 6.11 Å². The fraction of sp³-hybridized carbons (Fsp3) is 0. The first kappa shape index (κ1) is 5.79. The minimum Gasteiger partial charge on any atom is -0.339 e. The van der Waals surface area contributed by atoms with Crippen molar-refractivity contribution in [2.24, 2.45) is 0 Å². The first-order valence-electron chi connectivity index (χ1n) is 1.29. The van der Waals surface area contributed by atoms with Gasteiger partial charge in [0, 0.05) is 0 Å². The number of hydrogen-bond donors (Lipinski definition) is 1. The summed E-state index contributed by atoms with van der Waals surface area (Å²) < 4.78 is 3.61. The standard InChI is InChI=1S/C3H2O4/c1-2-6-3(4)7-5/h1,5H. The summed E-state index contributed by atoms with van der Waals surface area (Å²) in [7, 11) is 0. The molecule has 0 saturated carbocycles. The largest absolute Gasteiger partial charge is 0.554 e. The molecule has 0 rings (SSSR count). The van der Waals surface area contributed by atoms with Crippen LogP contribution in [0.25, 0.3) is 0 Å². The van der Waals surface area contributed by atoms with E-state index in [9.17, 15) is 4.79 Å². The third kappa shape index (κ3) is 2.60. The van der Waals surface area contributed by atoms with Crippen molar-refractivity contribution in [3.8, 4) is 12.5 Å². The van der Waals surface area contributed by atoms with Gasteiger partial charge in [-0.05, 0) is 0 Å². The average molecular weight is 102 g/mol. The van der Waals surface area contributed by atoms with Crippen LogP contribution in [-0.4, -0.2) is 11.4 Å². The van der Waals surface area contributed by atoms with Gasteiger partial charge in [0.05, 0.1) is 0 Å². The summed E-state index contributed by atoms with van der Waals surface area (Å²) >= 11 is 0. The van der Waals surface area contributed by atoms with E-state index in [1.165, 1.54) is 6.11 Å². The molecule has 0 saturated heterocycles. The van der Waals surface area contributed by atoms with E-state index in [4.69, 9.17) is 5.26 Å².